The summed E-state index contributed by atoms with van der Waals surface area (Å²) in [6.07, 6.45) is 6.66. The number of allylic oxidation sites excluding steroid dienone is 3. The van der Waals surface area contributed by atoms with Crippen molar-refractivity contribution in [2.24, 2.45) is 0 Å². The fraction of sp³-hybridized carbons (Fsp3) is 0.300. The van der Waals surface area contributed by atoms with Crippen LogP contribution in [0.5, 0.6) is 0 Å². The number of hydrogen-bond donors (Lipinski definition) is 0. The van der Waals surface area contributed by atoms with E-state index >= 15 is 0 Å². The van der Waals surface area contributed by atoms with Crippen LogP contribution < -0.4 is 0 Å². The molecular weight excluding hydrogens is 152 g/mol. The highest BCUT2D eigenvalue weighted by Crippen LogP contribution is 2.00. The second kappa shape index (κ2) is 6.40. The van der Waals surface area contributed by atoms with Gasteiger partial charge in [-0.2, -0.15) is 0 Å². The van der Waals surface area contributed by atoms with Crippen molar-refractivity contribution in [2.75, 3.05) is 6.61 Å². The van der Waals surface area contributed by atoms with Crippen molar-refractivity contribution >= 4 is 5.97 Å². The summed E-state index contributed by atoms with van der Waals surface area (Å²) in [6.45, 7) is 7.52. The topological polar surface area (TPSA) is 26.3 Å². The zero-order chi connectivity index (χ0) is 9.40. The lowest BCUT2D eigenvalue weighted by Crippen LogP contribution is -2.05. The van der Waals surface area contributed by atoms with E-state index in [2.05, 4.69) is 6.58 Å². The number of carbonyl (C=O) groups is 1. The molecule has 0 unspecified atom stereocenters. The highest BCUT2D eigenvalue weighted by atomic mass is 16.5. The van der Waals surface area contributed by atoms with E-state index in [0.29, 0.717) is 12.2 Å². The lowest BCUT2D eigenvalue weighted by Gasteiger charge is -2.00. The summed E-state index contributed by atoms with van der Waals surface area (Å²) in [6, 6.07) is 0. The van der Waals surface area contributed by atoms with Gasteiger partial charge in [0.05, 0.1) is 12.2 Å². The number of rotatable bonds is 4. The first-order chi connectivity index (χ1) is 5.76. The van der Waals surface area contributed by atoms with Crippen molar-refractivity contribution in [1.29, 1.82) is 0 Å². The zero-order valence-electron chi connectivity index (χ0n) is 7.54. The Morgan fingerprint density at radius 3 is 2.67 bits per heavy atom. The Morgan fingerprint density at radius 2 is 2.25 bits per heavy atom. The standard InChI is InChI=1S/C10H14O2/c1-4-7-9(8-5-2)10(11)12-6-3/h4-5,7-8H,1,6H2,2-3H3/b8-5-,9-7+. The van der Waals surface area contributed by atoms with Crippen LogP contribution in [0.1, 0.15) is 13.8 Å². The largest absolute Gasteiger partial charge is 0.462 e. The molecule has 0 saturated heterocycles. The zero-order valence-corrected chi connectivity index (χ0v) is 7.54. The maximum Gasteiger partial charge on any atom is 0.338 e. The lowest BCUT2D eigenvalue weighted by atomic mass is 10.2. The van der Waals surface area contributed by atoms with Crippen LogP contribution in [0.4, 0.5) is 0 Å². The molecule has 0 aromatic heterocycles. The molecule has 0 amide bonds. The molecule has 0 saturated carbocycles. The summed E-state index contributed by atoms with van der Waals surface area (Å²) in [5.74, 6) is -0.310. The van der Waals surface area contributed by atoms with Crippen LogP contribution in [0.15, 0.2) is 36.5 Å². The van der Waals surface area contributed by atoms with Gasteiger partial charge in [-0.3, -0.25) is 0 Å². The Labute approximate surface area is 73.2 Å². The Bertz CT molecular complexity index is 212. The van der Waals surface area contributed by atoms with E-state index in [1.54, 1.807) is 31.2 Å². The third kappa shape index (κ3) is 3.76. The molecule has 0 aliphatic carbocycles. The third-order valence-electron chi connectivity index (χ3n) is 1.15. The molecule has 0 aliphatic rings. The maximum atomic E-state index is 11.1. The molecular formula is C10H14O2. The highest BCUT2D eigenvalue weighted by molar-refractivity contribution is 5.91. The smallest absolute Gasteiger partial charge is 0.338 e. The molecule has 0 aliphatic heterocycles. The van der Waals surface area contributed by atoms with Crippen molar-refractivity contribution in [1.82, 2.24) is 0 Å². The van der Waals surface area contributed by atoms with Crippen LogP contribution >= 0.6 is 0 Å². The van der Waals surface area contributed by atoms with Crippen LogP contribution in [0.25, 0.3) is 0 Å². The minimum absolute atomic E-state index is 0.310. The van der Waals surface area contributed by atoms with Crippen molar-refractivity contribution in [3.8, 4) is 0 Å². The van der Waals surface area contributed by atoms with E-state index in [1.807, 2.05) is 6.92 Å². The van der Waals surface area contributed by atoms with Gasteiger partial charge in [-0.1, -0.05) is 24.8 Å². The van der Waals surface area contributed by atoms with Crippen LogP contribution in [0.2, 0.25) is 0 Å². The number of carbonyl (C=O) groups excluding carboxylic acids is 1. The molecule has 0 aromatic rings. The van der Waals surface area contributed by atoms with Crippen molar-refractivity contribution in [2.45, 2.75) is 13.8 Å². The SMILES string of the molecule is C=C/C=C(\C=C/C)C(=O)OCC. The average molecular weight is 166 g/mol. The van der Waals surface area contributed by atoms with Gasteiger partial charge in [0.15, 0.2) is 0 Å². The van der Waals surface area contributed by atoms with Gasteiger partial charge in [-0.25, -0.2) is 4.79 Å². The first kappa shape index (κ1) is 10.7. The highest BCUT2D eigenvalue weighted by Gasteiger charge is 2.04. The van der Waals surface area contributed by atoms with E-state index in [1.165, 1.54) is 0 Å². The molecule has 0 radical (unpaired) electrons. The molecule has 0 fully saturated rings. The first-order valence-corrected chi connectivity index (χ1v) is 3.88. The summed E-state index contributed by atoms with van der Waals surface area (Å²) in [7, 11) is 0. The summed E-state index contributed by atoms with van der Waals surface area (Å²) < 4.78 is 4.80. The third-order valence-corrected chi connectivity index (χ3v) is 1.15. The second-order valence-corrected chi connectivity index (χ2v) is 2.08. The quantitative estimate of drug-likeness (QED) is 0.363. The minimum atomic E-state index is -0.310. The van der Waals surface area contributed by atoms with E-state index in [9.17, 15) is 4.79 Å². The van der Waals surface area contributed by atoms with Crippen molar-refractivity contribution < 1.29 is 9.53 Å². The second-order valence-electron chi connectivity index (χ2n) is 2.08. The summed E-state index contributed by atoms with van der Waals surface area (Å²) in [5, 5.41) is 0. The van der Waals surface area contributed by atoms with Gasteiger partial charge in [0.1, 0.15) is 0 Å². The molecule has 0 aromatic carbocycles. The monoisotopic (exact) mass is 166 g/mol. The summed E-state index contributed by atoms with van der Waals surface area (Å²) in [4.78, 5) is 11.1. The van der Waals surface area contributed by atoms with E-state index in [-0.39, 0.29) is 5.97 Å². The molecule has 0 rings (SSSR count). The Hall–Kier alpha value is -1.31. The normalized spacial score (nSPS) is 11.7. The number of hydrogen-bond acceptors (Lipinski definition) is 2. The van der Waals surface area contributed by atoms with Gasteiger partial charge >= 0.3 is 5.97 Å². The molecule has 0 spiro atoms. The molecule has 66 valence electrons. The Kier molecular flexibility index (Phi) is 5.70. The van der Waals surface area contributed by atoms with Gasteiger partial charge < -0.3 is 4.74 Å². The van der Waals surface area contributed by atoms with Crippen LogP contribution in [0, 0.1) is 0 Å². The average Bonchev–Trinajstić information content (AvgIpc) is 2.04. The molecule has 12 heavy (non-hydrogen) atoms. The lowest BCUT2D eigenvalue weighted by molar-refractivity contribution is -0.138. The van der Waals surface area contributed by atoms with Gasteiger partial charge in [0.2, 0.25) is 0 Å². The predicted molar refractivity (Wildman–Crippen MR) is 49.7 cm³/mol. The Morgan fingerprint density at radius 1 is 1.58 bits per heavy atom. The maximum absolute atomic E-state index is 11.1. The summed E-state index contributed by atoms with van der Waals surface area (Å²) >= 11 is 0. The van der Waals surface area contributed by atoms with Crippen molar-refractivity contribution in [3.63, 3.8) is 0 Å². The number of ether oxygens (including phenoxy) is 1. The van der Waals surface area contributed by atoms with E-state index < -0.39 is 0 Å². The molecule has 0 bridgehead atoms. The van der Waals surface area contributed by atoms with Gasteiger partial charge in [0, 0.05) is 0 Å². The molecule has 2 nitrogen and oxygen atoms in total. The number of esters is 1. The van der Waals surface area contributed by atoms with E-state index in [4.69, 9.17) is 4.74 Å². The molecule has 0 atom stereocenters. The predicted octanol–water partition coefficient (Wildman–Crippen LogP) is 2.24. The molecule has 2 heteroatoms. The van der Waals surface area contributed by atoms with Gasteiger partial charge in [-0.15, -0.1) is 0 Å². The van der Waals surface area contributed by atoms with Crippen LogP contribution in [-0.4, -0.2) is 12.6 Å². The van der Waals surface area contributed by atoms with Gasteiger partial charge in [-0.05, 0) is 19.9 Å². The van der Waals surface area contributed by atoms with Crippen LogP contribution in [0.3, 0.4) is 0 Å². The molecule has 0 N–H and O–H groups in total. The fourth-order valence-corrected chi connectivity index (χ4v) is 0.713. The van der Waals surface area contributed by atoms with Crippen LogP contribution in [-0.2, 0) is 9.53 Å². The molecule has 0 heterocycles. The van der Waals surface area contributed by atoms with Gasteiger partial charge in [0.25, 0.3) is 0 Å². The summed E-state index contributed by atoms with van der Waals surface area (Å²) in [5.41, 5.74) is 0.523. The Balaban J connectivity index is 4.40. The van der Waals surface area contributed by atoms with Crippen molar-refractivity contribution in [3.05, 3.63) is 36.5 Å². The minimum Gasteiger partial charge on any atom is -0.462 e. The first-order valence-electron chi connectivity index (χ1n) is 3.88. The fourth-order valence-electron chi connectivity index (χ4n) is 0.713. The van der Waals surface area contributed by atoms with E-state index in [0.717, 1.165) is 0 Å².